The molecular weight excluding hydrogens is 300 g/mol. The minimum absolute atomic E-state index is 0.102. The Balaban J connectivity index is 1.72. The first-order valence-electron chi connectivity index (χ1n) is 7.92. The molecule has 2 aromatic heterocycles. The normalized spacial score (nSPS) is 11.9. The lowest BCUT2D eigenvalue weighted by molar-refractivity contribution is 0.0939. The lowest BCUT2D eigenvalue weighted by atomic mass is 10.1. The summed E-state index contributed by atoms with van der Waals surface area (Å²) in [6.07, 6.45) is 5.39. The van der Waals surface area contributed by atoms with Crippen LogP contribution < -0.4 is 5.32 Å². The van der Waals surface area contributed by atoms with Gasteiger partial charge in [0.15, 0.2) is 0 Å². The Labute approximate surface area is 141 Å². The molecule has 5 heteroatoms. The molecule has 3 aromatic rings. The fourth-order valence-electron chi connectivity index (χ4n) is 2.69. The van der Waals surface area contributed by atoms with Gasteiger partial charge < -0.3 is 5.32 Å². The predicted molar refractivity (Wildman–Crippen MR) is 92.6 cm³/mol. The summed E-state index contributed by atoms with van der Waals surface area (Å²) < 4.78 is 1.83. The van der Waals surface area contributed by atoms with Crippen molar-refractivity contribution in [2.75, 3.05) is 0 Å². The molecule has 3 rings (SSSR count). The van der Waals surface area contributed by atoms with Crippen molar-refractivity contribution in [3.63, 3.8) is 0 Å². The van der Waals surface area contributed by atoms with Gasteiger partial charge in [0, 0.05) is 24.2 Å². The summed E-state index contributed by atoms with van der Waals surface area (Å²) in [6.45, 7) is 4.58. The van der Waals surface area contributed by atoms with E-state index in [1.54, 1.807) is 12.4 Å². The molecule has 5 nitrogen and oxygen atoms in total. The third-order valence-corrected chi connectivity index (χ3v) is 3.90. The quantitative estimate of drug-likeness (QED) is 0.786. The molecule has 0 unspecified atom stereocenters. The number of carbonyl (C=O) groups excluding carboxylic acids is 1. The Hall–Kier alpha value is -2.95. The van der Waals surface area contributed by atoms with E-state index in [0.29, 0.717) is 12.1 Å². The van der Waals surface area contributed by atoms with Crippen LogP contribution in [0.3, 0.4) is 0 Å². The summed E-state index contributed by atoms with van der Waals surface area (Å²) in [5.41, 5.74) is 3.63. The van der Waals surface area contributed by atoms with E-state index in [4.69, 9.17) is 0 Å². The zero-order chi connectivity index (χ0) is 16.9. The number of hydrogen-bond donors (Lipinski definition) is 1. The average molecular weight is 320 g/mol. The highest BCUT2D eigenvalue weighted by Crippen LogP contribution is 2.15. The van der Waals surface area contributed by atoms with Gasteiger partial charge in [0.05, 0.1) is 18.3 Å². The molecule has 1 amide bonds. The zero-order valence-corrected chi connectivity index (χ0v) is 13.8. The first-order chi connectivity index (χ1) is 11.6. The molecule has 0 aliphatic carbocycles. The Morgan fingerprint density at radius 2 is 2.08 bits per heavy atom. The molecule has 0 saturated heterocycles. The van der Waals surface area contributed by atoms with E-state index in [9.17, 15) is 4.79 Å². The molecule has 122 valence electrons. The number of amides is 1. The maximum Gasteiger partial charge on any atom is 0.251 e. The van der Waals surface area contributed by atoms with Crippen molar-refractivity contribution in [1.82, 2.24) is 20.1 Å². The molecule has 0 bridgehead atoms. The molecule has 24 heavy (non-hydrogen) atoms. The van der Waals surface area contributed by atoms with Crippen LogP contribution in [-0.4, -0.2) is 20.7 Å². The SMILES string of the molecule is Cc1cccnc1[C@H](C)NC(=O)c1cccc(Cn2cccn2)c1. The van der Waals surface area contributed by atoms with Crippen LogP contribution in [0.2, 0.25) is 0 Å². The van der Waals surface area contributed by atoms with Crippen LogP contribution >= 0.6 is 0 Å². The van der Waals surface area contributed by atoms with Crippen LogP contribution in [0.25, 0.3) is 0 Å². The van der Waals surface area contributed by atoms with E-state index < -0.39 is 0 Å². The number of aromatic nitrogens is 3. The summed E-state index contributed by atoms with van der Waals surface area (Å²) in [5.74, 6) is -0.102. The Morgan fingerprint density at radius 1 is 1.21 bits per heavy atom. The van der Waals surface area contributed by atoms with Gasteiger partial charge in [-0.1, -0.05) is 18.2 Å². The van der Waals surface area contributed by atoms with Gasteiger partial charge in [-0.05, 0) is 49.2 Å². The number of nitrogens with one attached hydrogen (secondary N) is 1. The Kier molecular flexibility index (Phi) is 4.70. The topological polar surface area (TPSA) is 59.8 Å². The largest absolute Gasteiger partial charge is 0.344 e. The summed E-state index contributed by atoms with van der Waals surface area (Å²) in [7, 11) is 0. The van der Waals surface area contributed by atoms with Gasteiger partial charge in [-0.15, -0.1) is 0 Å². The van der Waals surface area contributed by atoms with E-state index in [0.717, 1.165) is 16.8 Å². The number of nitrogens with zero attached hydrogens (tertiary/aromatic N) is 3. The van der Waals surface area contributed by atoms with Crippen molar-refractivity contribution >= 4 is 5.91 Å². The van der Waals surface area contributed by atoms with Gasteiger partial charge in [-0.3, -0.25) is 14.5 Å². The monoisotopic (exact) mass is 320 g/mol. The highest BCUT2D eigenvalue weighted by atomic mass is 16.1. The second-order valence-corrected chi connectivity index (χ2v) is 5.80. The van der Waals surface area contributed by atoms with Gasteiger partial charge in [-0.25, -0.2) is 0 Å². The number of aryl methyl sites for hydroxylation is 1. The molecule has 1 aromatic carbocycles. The smallest absolute Gasteiger partial charge is 0.251 e. The number of carbonyl (C=O) groups is 1. The average Bonchev–Trinajstić information content (AvgIpc) is 3.08. The van der Waals surface area contributed by atoms with E-state index in [-0.39, 0.29) is 11.9 Å². The van der Waals surface area contributed by atoms with E-state index in [1.165, 1.54) is 0 Å². The predicted octanol–water partition coefficient (Wildman–Crippen LogP) is 3.13. The van der Waals surface area contributed by atoms with Crippen molar-refractivity contribution in [3.05, 3.63) is 83.4 Å². The van der Waals surface area contributed by atoms with E-state index in [2.05, 4.69) is 15.4 Å². The van der Waals surface area contributed by atoms with Crippen molar-refractivity contribution in [1.29, 1.82) is 0 Å². The fourth-order valence-corrected chi connectivity index (χ4v) is 2.69. The van der Waals surface area contributed by atoms with Crippen LogP contribution in [-0.2, 0) is 6.54 Å². The number of benzene rings is 1. The van der Waals surface area contributed by atoms with Crippen LogP contribution in [0.5, 0.6) is 0 Å². The van der Waals surface area contributed by atoms with Gasteiger partial charge in [0.25, 0.3) is 5.91 Å². The highest BCUT2D eigenvalue weighted by Gasteiger charge is 2.14. The molecule has 0 radical (unpaired) electrons. The summed E-state index contributed by atoms with van der Waals surface area (Å²) in [6, 6.07) is 13.2. The van der Waals surface area contributed by atoms with Crippen LogP contribution in [0.1, 0.15) is 40.1 Å². The third-order valence-electron chi connectivity index (χ3n) is 3.90. The van der Waals surface area contributed by atoms with Gasteiger partial charge in [0.1, 0.15) is 0 Å². The van der Waals surface area contributed by atoms with Crippen LogP contribution in [0, 0.1) is 6.92 Å². The number of rotatable bonds is 5. The number of pyridine rings is 1. The second kappa shape index (κ2) is 7.08. The lowest BCUT2D eigenvalue weighted by Crippen LogP contribution is -2.27. The van der Waals surface area contributed by atoms with Gasteiger partial charge in [0.2, 0.25) is 0 Å². The molecule has 0 spiro atoms. The number of hydrogen-bond acceptors (Lipinski definition) is 3. The molecule has 2 heterocycles. The van der Waals surface area contributed by atoms with Crippen LogP contribution in [0.4, 0.5) is 0 Å². The summed E-state index contributed by atoms with van der Waals surface area (Å²) in [4.78, 5) is 16.9. The first kappa shape index (κ1) is 15.9. The Bertz CT molecular complexity index is 827. The minimum atomic E-state index is -0.145. The van der Waals surface area contributed by atoms with Gasteiger partial charge in [-0.2, -0.15) is 5.10 Å². The standard InChI is InChI=1S/C19H20N4O/c1-14-6-4-9-20-18(14)15(2)22-19(24)17-8-3-7-16(12-17)13-23-11-5-10-21-23/h3-12,15H,13H2,1-2H3,(H,22,24)/t15-/m0/s1. The maximum absolute atomic E-state index is 12.5. The van der Waals surface area contributed by atoms with Crippen molar-refractivity contribution in [2.24, 2.45) is 0 Å². The lowest BCUT2D eigenvalue weighted by Gasteiger charge is -2.15. The second-order valence-electron chi connectivity index (χ2n) is 5.80. The zero-order valence-electron chi connectivity index (χ0n) is 13.8. The molecule has 0 aliphatic rings. The fraction of sp³-hybridized carbons (Fsp3) is 0.211. The van der Waals surface area contributed by atoms with Crippen LogP contribution in [0.15, 0.2) is 61.1 Å². The molecular formula is C19H20N4O. The maximum atomic E-state index is 12.5. The van der Waals surface area contributed by atoms with Crippen molar-refractivity contribution in [2.45, 2.75) is 26.4 Å². The summed E-state index contributed by atoms with van der Waals surface area (Å²) >= 11 is 0. The summed E-state index contributed by atoms with van der Waals surface area (Å²) in [5, 5.41) is 7.21. The third kappa shape index (κ3) is 3.68. The minimum Gasteiger partial charge on any atom is -0.344 e. The Morgan fingerprint density at radius 3 is 2.83 bits per heavy atom. The molecule has 0 saturated carbocycles. The molecule has 1 N–H and O–H groups in total. The molecule has 0 fully saturated rings. The van der Waals surface area contributed by atoms with Crippen molar-refractivity contribution in [3.8, 4) is 0 Å². The van der Waals surface area contributed by atoms with E-state index >= 15 is 0 Å². The first-order valence-corrected chi connectivity index (χ1v) is 7.92. The highest BCUT2D eigenvalue weighted by molar-refractivity contribution is 5.94. The molecule has 0 aliphatic heterocycles. The van der Waals surface area contributed by atoms with E-state index in [1.807, 2.05) is 67.2 Å². The van der Waals surface area contributed by atoms with Crippen molar-refractivity contribution < 1.29 is 4.79 Å². The molecule has 1 atom stereocenters. The van der Waals surface area contributed by atoms with Gasteiger partial charge >= 0.3 is 0 Å².